The Bertz CT molecular complexity index is 438. The van der Waals surface area contributed by atoms with E-state index in [9.17, 15) is 9.59 Å². The van der Waals surface area contributed by atoms with Crippen molar-refractivity contribution in [2.45, 2.75) is 19.4 Å². The molecule has 0 bridgehead atoms. The van der Waals surface area contributed by atoms with Crippen molar-refractivity contribution in [2.24, 2.45) is 0 Å². The van der Waals surface area contributed by atoms with Crippen molar-refractivity contribution in [1.29, 1.82) is 0 Å². The van der Waals surface area contributed by atoms with Crippen LogP contribution in [-0.4, -0.2) is 51.2 Å². The normalized spacial score (nSPS) is 14.8. The van der Waals surface area contributed by atoms with Gasteiger partial charge in [-0.3, -0.25) is 9.59 Å². The lowest BCUT2D eigenvalue weighted by Gasteiger charge is -2.14. The fraction of sp³-hybridized carbons (Fsp3) is 0.600. The molecule has 1 aliphatic rings. The Morgan fingerprint density at radius 3 is 2.72 bits per heavy atom. The van der Waals surface area contributed by atoms with Gasteiger partial charge in [-0.05, 0) is 12.8 Å². The number of hydrogen-bond donors (Lipinski definition) is 1. The summed E-state index contributed by atoms with van der Waals surface area (Å²) >= 11 is 0. The van der Waals surface area contributed by atoms with Gasteiger partial charge in [0.25, 0.3) is 5.91 Å². The van der Waals surface area contributed by atoms with E-state index < -0.39 is 5.97 Å². The van der Waals surface area contributed by atoms with E-state index in [2.05, 4.69) is 10.1 Å². The zero-order valence-corrected chi connectivity index (χ0v) is 9.91. The van der Waals surface area contributed by atoms with Gasteiger partial charge in [0.1, 0.15) is 12.9 Å². The highest BCUT2D eigenvalue weighted by Crippen LogP contribution is 2.07. The van der Waals surface area contributed by atoms with Crippen LogP contribution in [0.2, 0.25) is 0 Å². The van der Waals surface area contributed by atoms with E-state index in [1.54, 1.807) is 4.90 Å². The number of nitrogens with zero attached hydrogens (tertiary/aromatic N) is 4. The van der Waals surface area contributed by atoms with Gasteiger partial charge in [-0.1, -0.05) is 0 Å². The summed E-state index contributed by atoms with van der Waals surface area (Å²) in [6, 6.07) is 0. The van der Waals surface area contributed by atoms with Gasteiger partial charge in [0.15, 0.2) is 6.61 Å². The molecule has 2 heterocycles. The van der Waals surface area contributed by atoms with Crippen molar-refractivity contribution in [3.05, 3.63) is 6.33 Å². The molecule has 8 nitrogen and oxygen atoms in total. The molecule has 1 fully saturated rings. The Kier molecular flexibility index (Phi) is 3.75. The van der Waals surface area contributed by atoms with Gasteiger partial charge in [0.2, 0.25) is 5.95 Å². The first-order valence-electron chi connectivity index (χ1n) is 5.73. The maximum atomic E-state index is 11.6. The first-order valence-corrected chi connectivity index (χ1v) is 5.73. The molecule has 0 unspecified atom stereocenters. The largest absolute Gasteiger partial charge is 0.454 e. The SMILES string of the molecule is Nc1ncn(CC(=O)OCC(=O)N2CCCC2)n1. The molecule has 1 aromatic rings. The number of amides is 1. The van der Waals surface area contributed by atoms with Gasteiger partial charge in [-0.2, -0.15) is 0 Å². The third kappa shape index (κ3) is 3.19. The van der Waals surface area contributed by atoms with Crippen LogP contribution in [0, 0.1) is 0 Å². The van der Waals surface area contributed by atoms with E-state index in [1.165, 1.54) is 11.0 Å². The monoisotopic (exact) mass is 253 g/mol. The molecule has 0 saturated carbocycles. The zero-order valence-electron chi connectivity index (χ0n) is 9.91. The van der Waals surface area contributed by atoms with Gasteiger partial charge in [0.05, 0.1) is 0 Å². The number of ether oxygens (including phenoxy) is 1. The summed E-state index contributed by atoms with van der Waals surface area (Å²) in [6.07, 6.45) is 3.36. The molecule has 0 radical (unpaired) electrons. The highest BCUT2D eigenvalue weighted by molar-refractivity contribution is 5.80. The van der Waals surface area contributed by atoms with Crippen molar-refractivity contribution >= 4 is 17.8 Å². The van der Waals surface area contributed by atoms with Crippen molar-refractivity contribution in [2.75, 3.05) is 25.4 Å². The van der Waals surface area contributed by atoms with Crippen LogP contribution < -0.4 is 5.73 Å². The number of carbonyl (C=O) groups excluding carboxylic acids is 2. The van der Waals surface area contributed by atoms with Gasteiger partial charge in [0, 0.05) is 13.1 Å². The smallest absolute Gasteiger partial charge is 0.328 e. The molecule has 98 valence electrons. The second-order valence-electron chi connectivity index (χ2n) is 4.05. The van der Waals surface area contributed by atoms with Crippen LogP contribution in [0.15, 0.2) is 6.33 Å². The quantitative estimate of drug-likeness (QED) is 0.692. The maximum Gasteiger partial charge on any atom is 0.328 e. The standard InChI is InChI=1S/C10H15N5O3/c11-10-12-7-15(13-10)5-9(17)18-6-8(16)14-3-1-2-4-14/h7H,1-6H2,(H2,11,13). The minimum Gasteiger partial charge on any atom is -0.454 e. The Morgan fingerprint density at radius 2 is 2.11 bits per heavy atom. The van der Waals surface area contributed by atoms with Gasteiger partial charge < -0.3 is 15.4 Å². The summed E-state index contributed by atoms with van der Waals surface area (Å²) in [4.78, 5) is 28.4. The molecule has 0 aromatic carbocycles. The van der Waals surface area contributed by atoms with Crippen molar-refractivity contribution in [1.82, 2.24) is 19.7 Å². The summed E-state index contributed by atoms with van der Waals surface area (Å²) in [5.41, 5.74) is 5.30. The molecule has 8 heteroatoms. The molecular weight excluding hydrogens is 238 g/mol. The molecule has 18 heavy (non-hydrogen) atoms. The lowest BCUT2D eigenvalue weighted by atomic mass is 10.4. The summed E-state index contributed by atoms with van der Waals surface area (Å²) < 4.78 is 6.13. The van der Waals surface area contributed by atoms with Gasteiger partial charge >= 0.3 is 5.97 Å². The Morgan fingerprint density at radius 1 is 1.39 bits per heavy atom. The third-order valence-electron chi connectivity index (χ3n) is 2.66. The van der Waals surface area contributed by atoms with Crippen LogP contribution in [-0.2, 0) is 20.9 Å². The highest BCUT2D eigenvalue weighted by Gasteiger charge is 2.19. The van der Waals surface area contributed by atoms with E-state index in [1.807, 2.05) is 0 Å². The van der Waals surface area contributed by atoms with Gasteiger partial charge in [-0.25, -0.2) is 9.67 Å². The summed E-state index contributed by atoms with van der Waals surface area (Å²) in [6.45, 7) is 1.17. The summed E-state index contributed by atoms with van der Waals surface area (Å²) in [5.74, 6) is -0.595. The number of likely N-dealkylation sites (tertiary alicyclic amines) is 1. The second-order valence-corrected chi connectivity index (χ2v) is 4.05. The van der Waals surface area contributed by atoms with E-state index >= 15 is 0 Å². The third-order valence-corrected chi connectivity index (χ3v) is 2.66. The molecule has 1 saturated heterocycles. The highest BCUT2D eigenvalue weighted by atomic mass is 16.5. The first-order chi connectivity index (χ1) is 8.65. The number of nitrogen functional groups attached to an aromatic ring is 1. The fourth-order valence-electron chi connectivity index (χ4n) is 1.76. The van der Waals surface area contributed by atoms with Gasteiger partial charge in [-0.15, -0.1) is 5.10 Å². The predicted molar refractivity (Wildman–Crippen MR) is 61.2 cm³/mol. The number of rotatable bonds is 4. The van der Waals surface area contributed by atoms with Crippen molar-refractivity contribution in [3.63, 3.8) is 0 Å². The fourth-order valence-corrected chi connectivity index (χ4v) is 1.76. The van der Waals surface area contributed by atoms with Crippen molar-refractivity contribution < 1.29 is 14.3 Å². The first kappa shape index (κ1) is 12.3. The summed E-state index contributed by atoms with van der Waals surface area (Å²) in [7, 11) is 0. The Balaban J connectivity index is 1.72. The lowest BCUT2D eigenvalue weighted by Crippen LogP contribution is -2.32. The minimum atomic E-state index is -0.535. The number of nitrogens with two attached hydrogens (primary N) is 1. The van der Waals surface area contributed by atoms with E-state index in [-0.39, 0.29) is 25.0 Å². The summed E-state index contributed by atoms with van der Waals surface area (Å²) in [5, 5.41) is 3.74. The van der Waals surface area contributed by atoms with E-state index in [0.29, 0.717) is 0 Å². The van der Waals surface area contributed by atoms with Crippen LogP contribution in [0.4, 0.5) is 5.95 Å². The molecule has 0 aliphatic carbocycles. The molecule has 2 rings (SSSR count). The molecule has 2 N–H and O–H groups in total. The zero-order chi connectivity index (χ0) is 13.0. The molecular formula is C10H15N5O3. The van der Waals surface area contributed by atoms with E-state index in [4.69, 9.17) is 10.5 Å². The lowest BCUT2D eigenvalue weighted by molar-refractivity contribution is -0.152. The number of aromatic nitrogens is 3. The van der Waals surface area contributed by atoms with Crippen LogP contribution in [0.25, 0.3) is 0 Å². The average Bonchev–Trinajstić information content (AvgIpc) is 2.97. The molecule has 0 atom stereocenters. The van der Waals surface area contributed by atoms with E-state index in [0.717, 1.165) is 25.9 Å². The van der Waals surface area contributed by atoms with Crippen molar-refractivity contribution in [3.8, 4) is 0 Å². The average molecular weight is 253 g/mol. The molecule has 1 amide bonds. The van der Waals surface area contributed by atoms with Crippen LogP contribution in [0.1, 0.15) is 12.8 Å². The maximum absolute atomic E-state index is 11.6. The predicted octanol–water partition coefficient (Wildman–Crippen LogP) is -0.974. The Labute approximate surface area is 104 Å². The number of carbonyl (C=O) groups is 2. The van der Waals surface area contributed by atoms with Crippen LogP contribution in [0.5, 0.6) is 0 Å². The second kappa shape index (κ2) is 5.48. The minimum absolute atomic E-state index is 0.0935. The van der Waals surface area contributed by atoms with Crippen LogP contribution >= 0.6 is 0 Å². The van der Waals surface area contributed by atoms with Crippen LogP contribution in [0.3, 0.4) is 0 Å². The molecule has 0 spiro atoms. The number of esters is 1. The Hall–Kier alpha value is -2.12. The molecule has 1 aromatic heterocycles. The number of hydrogen-bond acceptors (Lipinski definition) is 6. The molecule has 1 aliphatic heterocycles. The topological polar surface area (TPSA) is 103 Å². The number of anilines is 1.